The van der Waals surface area contributed by atoms with E-state index in [0.717, 1.165) is 37.9 Å². The van der Waals surface area contributed by atoms with Gasteiger partial charge in [-0.15, -0.1) is 0 Å². The Kier molecular flexibility index (Phi) is 6.83. The van der Waals surface area contributed by atoms with Gasteiger partial charge in [0.15, 0.2) is 0 Å². The lowest BCUT2D eigenvalue weighted by molar-refractivity contribution is -0.729. The minimum Gasteiger partial charge on any atom is -0.497 e. The van der Waals surface area contributed by atoms with E-state index in [-0.39, 0.29) is 15.5 Å². The summed E-state index contributed by atoms with van der Waals surface area (Å²) in [7, 11) is -2.05. The maximum Gasteiger partial charge on any atom is 0.316 e. The summed E-state index contributed by atoms with van der Waals surface area (Å²) in [5.41, 5.74) is 2.47. The van der Waals surface area contributed by atoms with E-state index < -0.39 is 10.0 Å². The normalized spacial score (nSPS) is 14.4. The number of fused-ring (bicyclic) bond motifs is 1. The molecule has 0 radical (unpaired) electrons. The molecule has 2 aromatic carbocycles. The first-order chi connectivity index (χ1) is 13.9. The van der Waals surface area contributed by atoms with Crippen LogP contribution in [0.3, 0.4) is 0 Å². The summed E-state index contributed by atoms with van der Waals surface area (Å²) >= 11 is 0. The Morgan fingerprint density at radius 3 is 2.76 bits per heavy atom. The van der Waals surface area contributed by atoms with Crippen molar-refractivity contribution in [1.82, 2.24) is 9.62 Å². The topological polar surface area (TPSA) is 99.0 Å². The van der Waals surface area contributed by atoms with E-state index in [4.69, 9.17) is 9.94 Å². The zero-order chi connectivity index (χ0) is 20.9. The SMILES string of the molecule is COc1cccc(S(=O)(=O)NCCCCN2CCc3ccc([N+](=O)O)cc3C2)c1. The van der Waals surface area contributed by atoms with Crippen LogP contribution in [0.15, 0.2) is 47.4 Å². The summed E-state index contributed by atoms with van der Waals surface area (Å²) < 4.78 is 32.4. The number of sulfonamides is 1. The second-order valence-electron chi connectivity index (χ2n) is 7.04. The quantitative estimate of drug-likeness (QED) is 0.478. The molecule has 0 fully saturated rings. The van der Waals surface area contributed by atoms with E-state index in [0.29, 0.717) is 18.8 Å². The number of methoxy groups -OCH3 is 1. The summed E-state index contributed by atoms with van der Waals surface area (Å²) in [5, 5.41) is 9.07. The molecule has 1 aliphatic heterocycles. The van der Waals surface area contributed by atoms with Crippen molar-refractivity contribution in [3.63, 3.8) is 0 Å². The number of ether oxygens (including phenoxy) is 1. The molecule has 2 aromatic rings. The minimum absolute atomic E-state index is 0.117. The molecule has 0 atom stereocenters. The fourth-order valence-electron chi connectivity index (χ4n) is 3.43. The van der Waals surface area contributed by atoms with Crippen molar-refractivity contribution in [1.29, 1.82) is 0 Å². The van der Waals surface area contributed by atoms with E-state index in [2.05, 4.69) is 9.62 Å². The molecule has 29 heavy (non-hydrogen) atoms. The van der Waals surface area contributed by atoms with Gasteiger partial charge in [-0.3, -0.25) is 4.90 Å². The molecule has 0 saturated heterocycles. The van der Waals surface area contributed by atoms with E-state index in [9.17, 15) is 13.3 Å². The number of benzene rings is 2. The van der Waals surface area contributed by atoms with Crippen LogP contribution in [-0.4, -0.2) is 50.2 Å². The van der Waals surface area contributed by atoms with Crippen molar-refractivity contribution in [2.45, 2.75) is 30.7 Å². The summed E-state index contributed by atoms with van der Waals surface area (Å²) in [6.07, 6.45) is 2.46. The lowest BCUT2D eigenvalue weighted by Gasteiger charge is -2.28. The van der Waals surface area contributed by atoms with Crippen molar-refractivity contribution < 1.29 is 23.3 Å². The van der Waals surface area contributed by atoms with Gasteiger partial charge < -0.3 is 4.74 Å². The lowest BCUT2D eigenvalue weighted by Crippen LogP contribution is -2.32. The molecule has 0 bridgehead atoms. The van der Waals surface area contributed by atoms with Crippen LogP contribution in [0.2, 0.25) is 0 Å². The van der Waals surface area contributed by atoms with Gasteiger partial charge in [-0.05, 0) is 49.1 Å². The van der Waals surface area contributed by atoms with Crippen LogP contribution in [0.4, 0.5) is 5.69 Å². The molecular weight excluding hydrogens is 394 g/mol. The number of hydrogen-bond donors (Lipinski definition) is 2. The average molecular weight is 421 g/mol. The first kappa shape index (κ1) is 21.2. The van der Waals surface area contributed by atoms with Gasteiger partial charge in [-0.1, -0.05) is 12.1 Å². The molecule has 8 nitrogen and oxygen atoms in total. The summed E-state index contributed by atoms with van der Waals surface area (Å²) in [6.45, 7) is 2.84. The van der Waals surface area contributed by atoms with E-state index in [1.807, 2.05) is 6.07 Å². The molecule has 0 unspecified atom stereocenters. The van der Waals surface area contributed by atoms with Crippen LogP contribution >= 0.6 is 0 Å². The number of nitrogens with zero attached hydrogens (tertiary/aromatic N) is 2. The summed E-state index contributed by atoms with van der Waals surface area (Å²) in [6, 6.07) is 11.6. The number of unbranched alkanes of at least 4 members (excludes halogenated alkanes) is 1. The van der Waals surface area contributed by atoms with Crippen LogP contribution in [0.1, 0.15) is 24.0 Å². The Morgan fingerprint density at radius 1 is 1.17 bits per heavy atom. The number of nitrogens with one attached hydrogen (secondary N) is 1. The fourth-order valence-corrected chi connectivity index (χ4v) is 4.54. The van der Waals surface area contributed by atoms with Crippen molar-refractivity contribution in [3.8, 4) is 5.75 Å². The molecule has 0 saturated carbocycles. The van der Waals surface area contributed by atoms with Crippen molar-refractivity contribution in [2.75, 3.05) is 26.7 Å². The number of hydrogen-bond acceptors (Lipinski definition) is 5. The highest BCUT2D eigenvalue weighted by Gasteiger charge is 2.20. The molecule has 9 heteroatoms. The Hall–Kier alpha value is -2.49. The van der Waals surface area contributed by atoms with Gasteiger partial charge in [0.1, 0.15) is 5.75 Å². The summed E-state index contributed by atoms with van der Waals surface area (Å²) in [4.78, 5) is 13.4. The maximum absolute atomic E-state index is 12.4. The zero-order valence-corrected chi connectivity index (χ0v) is 17.2. The molecule has 1 heterocycles. The summed E-state index contributed by atoms with van der Waals surface area (Å²) in [5.74, 6) is 0.503. The molecule has 0 aliphatic carbocycles. The highest BCUT2D eigenvalue weighted by atomic mass is 32.2. The molecule has 2 N–H and O–H groups in total. The Balaban J connectivity index is 1.45. The van der Waals surface area contributed by atoms with Gasteiger partial charge in [0.2, 0.25) is 10.0 Å². The third-order valence-corrected chi connectivity index (χ3v) is 6.51. The van der Waals surface area contributed by atoms with E-state index in [1.54, 1.807) is 30.3 Å². The molecule has 0 amide bonds. The smallest absolute Gasteiger partial charge is 0.316 e. The Morgan fingerprint density at radius 2 is 2.00 bits per heavy atom. The minimum atomic E-state index is -3.55. The Bertz CT molecular complexity index is 978. The van der Waals surface area contributed by atoms with Crippen molar-refractivity contribution >= 4 is 15.7 Å². The van der Waals surface area contributed by atoms with Gasteiger partial charge in [-0.25, -0.2) is 18.3 Å². The van der Waals surface area contributed by atoms with Gasteiger partial charge in [0.25, 0.3) is 4.92 Å². The van der Waals surface area contributed by atoms with Crippen molar-refractivity contribution in [3.05, 3.63) is 58.5 Å². The predicted octanol–water partition coefficient (Wildman–Crippen LogP) is 2.61. The van der Waals surface area contributed by atoms with Crippen LogP contribution in [0, 0.1) is 4.91 Å². The van der Waals surface area contributed by atoms with Crippen LogP contribution in [-0.2, 0) is 23.0 Å². The standard InChI is InChI=1S/C20H26N3O5S/c1-28-19-5-4-6-20(14-19)29(26,27)21-10-2-3-11-22-12-9-16-7-8-18(23(24)25)13-17(16)15-22/h4-8,13-14,21H,2-3,9-12,15H2,1H3,(H,24,25)/q+1. The monoisotopic (exact) mass is 420 g/mol. The van der Waals surface area contributed by atoms with E-state index in [1.165, 1.54) is 18.7 Å². The van der Waals surface area contributed by atoms with Gasteiger partial charge >= 0.3 is 5.69 Å². The first-order valence-corrected chi connectivity index (χ1v) is 11.0. The van der Waals surface area contributed by atoms with Gasteiger partial charge in [0, 0.05) is 37.8 Å². The van der Waals surface area contributed by atoms with Crippen LogP contribution in [0.25, 0.3) is 0 Å². The molecule has 0 aromatic heterocycles. The first-order valence-electron chi connectivity index (χ1n) is 9.53. The fraction of sp³-hybridized carbons (Fsp3) is 0.400. The highest BCUT2D eigenvalue weighted by Crippen LogP contribution is 2.23. The molecule has 3 rings (SSSR count). The molecule has 156 valence electrons. The van der Waals surface area contributed by atoms with Crippen LogP contribution < -0.4 is 9.46 Å². The molecule has 0 spiro atoms. The third kappa shape index (κ3) is 5.53. The second kappa shape index (κ2) is 9.34. The maximum atomic E-state index is 12.4. The average Bonchev–Trinajstić information content (AvgIpc) is 2.72. The predicted molar refractivity (Wildman–Crippen MR) is 108 cm³/mol. The second-order valence-corrected chi connectivity index (χ2v) is 8.80. The molecular formula is C20H26N3O5S+. The van der Waals surface area contributed by atoms with E-state index >= 15 is 0 Å². The zero-order valence-electron chi connectivity index (χ0n) is 16.4. The highest BCUT2D eigenvalue weighted by molar-refractivity contribution is 7.89. The Labute approximate surface area is 170 Å². The van der Waals surface area contributed by atoms with Crippen molar-refractivity contribution in [2.24, 2.45) is 0 Å². The lowest BCUT2D eigenvalue weighted by atomic mass is 9.99. The van der Waals surface area contributed by atoms with Gasteiger partial charge in [0.05, 0.1) is 16.9 Å². The number of rotatable bonds is 9. The van der Waals surface area contributed by atoms with Crippen LogP contribution in [0.5, 0.6) is 5.75 Å². The molecule has 1 aliphatic rings. The third-order valence-electron chi connectivity index (χ3n) is 5.05. The largest absolute Gasteiger partial charge is 0.497 e. The van der Waals surface area contributed by atoms with Gasteiger partial charge in [-0.2, -0.15) is 0 Å².